The Hall–Kier alpha value is -3.02. The highest BCUT2D eigenvalue weighted by Crippen LogP contribution is 2.34. The number of nitrogens with zero attached hydrogens (tertiary/aromatic N) is 1. The van der Waals surface area contributed by atoms with Crippen LogP contribution < -0.4 is 20.1 Å². The number of hydrogen-bond acceptors (Lipinski definition) is 5. The number of fused-ring (bicyclic) bond motifs is 1. The number of pyridine rings is 1. The minimum Gasteiger partial charge on any atom is -0.454 e. The molecule has 0 saturated heterocycles. The smallest absolute Gasteiger partial charge is 0.274 e. The van der Waals surface area contributed by atoms with Crippen molar-refractivity contribution in [2.45, 2.75) is 32.1 Å². The van der Waals surface area contributed by atoms with Crippen molar-refractivity contribution in [1.82, 2.24) is 4.98 Å². The molecule has 1 aromatic carbocycles. The van der Waals surface area contributed by atoms with Crippen molar-refractivity contribution >= 4 is 17.3 Å². The van der Waals surface area contributed by atoms with Gasteiger partial charge >= 0.3 is 0 Å². The van der Waals surface area contributed by atoms with Crippen LogP contribution in [-0.4, -0.2) is 24.2 Å². The van der Waals surface area contributed by atoms with E-state index in [0.29, 0.717) is 22.9 Å². The van der Waals surface area contributed by atoms with Gasteiger partial charge in [0.25, 0.3) is 5.91 Å². The van der Waals surface area contributed by atoms with Crippen LogP contribution in [-0.2, 0) is 0 Å². The van der Waals surface area contributed by atoms with E-state index in [1.807, 2.05) is 6.07 Å². The van der Waals surface area contributed by atoms with Gasteiger partial charge in [-0.1, -0.05) is 11.6 Å². The molecule has 6 heteroatoms. The molecule has 0 bridgehead atoms. The van der Waals surface area contributed by atoms with E-state index in [0.717, 1.165) is 18.7 Å². The van der Waals surface area contributed by atoms with Gasteiger partial charge in [0.1, 0.15) is 5.69 Å². The summed E-state index contributed by atoms with van der Waals surface area (Å²) in [6, 6.07) is 8.92. The first kappa shape index (κ1) is 17.4. The van der Waals surface area contributed by atoms with Crippen LogP contribution in [0, 0.1) is 0 Å². The van der Waals surface area contributed by atoms with Crippen LogP contribution in [0.2, 0.25) is 0 Å². The molecule has 6 nitrogen and oxygen atoms in total. The first-order valence-corrected chi connectivity index (χ1v) is 9.37. The normalized spacial score (nSPS) is 15.2. The first-order valence-electron chi connectivity index (χ1n) is 9.37. The number of carbonyl (C=O) groups is 1. The summed E-state index contributed by atoms with van der Waals surface area (Å²) in [4.78, 5) is 16.6. The summed E-state index contributed by atoms with van der Waals surface area (Å²) in [7, 11) is 0. The SMILES string of the molecule is O=C(Nc1ccc2c(c1)OCO2)c1ccc(NCCC2=CCCCC2)cn1. The zero-order chi connectivity index (χ0) is 18.5. The third kappa shape index (κ3) is 4.39. The number of anilines is 2. The van der Waals surface area contributed by atoms with Gasteiger partial charge in [-0.15, -0.1) is 0 Å². The number of carbonyl (C=O) groups excluding carboxylic acids is 1. The van der Waals surface area contributed by atoms with Gasteiger partial charge in [0, 0.05) is 18.3 Å². The Morgan fingerprint density at radius 3 is 2.78 bits per heavy atom. The third-order valence-corrected chi connectivity index (χ3v) is 4.79. The molecule has 0 saturated carbocycles. The van der Waals surface area contributed by atoms with Crippen molar-refractivity contribution in [1.29, 1.82) is 0 Å². The second-order valence-corrected chi connectivity index (χ2v) is 6.74. The molecular formula is C21H23N3O3. The van der Waals surface area contributed by atoms with Gasteiger partial charge in [-0.2, -0.15) is 0 Å². The van der Waals surface area contributed by atoms with Gasteiger partial charge in [0.2, 0.25) is 6.79 Å². The molecule has 0 atom stereocenters. The van der Waals surface area contributed by atoms with E-state index in [1.165, 1.54) is 25.7 Å². The average molecular weight is 365 g/mol. The highest BCUT2D eigenvalue weighted by atomic mass is 16.7. The summed E-state index contributed by atoms with van der Waals surface area (Å²) in [5.74, 6) is 1.06. The third-order valence-electron chi connectivity index (χ3n) is 4.79. The van der Waals surface area contributed by atoms with Crippen molar-refractivity contribution < 1.29 is 14.3 Å². The molecule has 0 unspecified atom stereocenters. The number of allylic oxidation sites excluding steroid dienone is 1. The fraction of sp³-hybridized carbons (Fsp3) is 0.333. The van der Waals surface area contributed by atoms with Crippen molar-refractivity contribution in [2.24, 2.45) is 0 Å². The van der Waals surface area contributed by atoms with E-state index < -0.39 is 0 Å². The summed E-state index contributed by atoms with van der Waals surface area (Å²) in [5.41, 5.74) is 3.48. The molecular weight excluding hydrogens is 342 g/mol. The molecule has 1 aliphatic carbocycles. The van der Waals surface area contributed by atoms with Crippen LogP contribution in [0.4, 0.5) is 11.4 Å². The molecule has 4 rings (SSSR count). The number of hydrogen-bond donors (Lipinski definition) is 2. The summed E-state index contributed by atoms with van der Waals surface area (Å²) in [6.07, 6.45) is 10.2. The van der Waals surface area contributed by atoms with Gasteiger partial charge in [-0.25, -0.2) is 4.98 Å². The topological polar surface area (TPSA) is 72.5 Å². The van der Waals surface area contributed by atoms with Gasteiger partial charge in [-0.3, -0.25) is 4.79 Å². The maximum Gasteiger partial charge on any atom is 0.274 e. The summed E-state index contributed by atoms with van der Waals surface area (Å²) < 4.78 is 10.6. The van der Waals surface area contributed by atoms with E-state index in [9.17, 15) is 4.79 Å². The van der Waals surface area contributed by atoms with Crippen molar-refractivity contribution in [2.75, 3.05) is 24.0 Å². The lowest BCUT2D eigenvalue weighted by Gasteiger charge is -2.13. The molecule has 0 radical (unpaired) electrons. The summed E-state index contributed by atoms with van der Waals surface area (Å²) in [6.45, 7) is 1.09. The molecule has 2 N–H and O–H groups in total. The van der Waals surface area contributed by atoms with Gasteiger partial charge in [0.05, 0.1) is 11.9 Å². The molecule has 2 heterocycles. The number of aromatic nitrogens is 1. The van der Waals surface area contributed by atoms with E-state index in [2.05, 4.69) is 21.7 Å². The average Bonchev–Trinajstić information content (AvgIpc) is 3.17. The lowest BCUT2D eigenvalue weighted by Crippen LogP contribution is -2.14. The number of nitrogens with one attached hydrogen (secondary N) is 2. The number of rotatable bonds is 6. The molecule has 27 heavy (non-hydrogen) atoms. The standard InChI is InChI=1S/C21H23N3O3/c25-21(24-16-7-9-19-20(12-16)27-14-26-19)18-8-6-17(13-23-18)22-11-10-15-4-2-1-3-5-15/h4,6-9,12-13,22H,1-3,5,10-11,14H2,(H,24,25). The van der Waals surface area contributed by atoms with E-state index in [-0.39, 0.29) is 12.7 Å². The minimum atomic E-state index is -0.257. The first-order chi connectivity index (χ1) is 13.3. The molecule has 2 aliphatic rings. The molecule has 1 aliphatic heterocycles. The van der Waals surface area contributed by atoms with Crippen molar-refractivity contribution in [3.63, 3.8) is 0 Å². The molecule has 2 aromatic rings. The van der Waals surface area contributed by atoms with Crippen molar-refractivity contribution in [3.05, 3.63) is 53.9 Å². The number of ether oxygens (including phenoxy) is 2. The van der Waals surface area contributed by atoms with Crippen LogP contribution in [0.15, 0.2) is 48.2 Å². The number of amides is 1. The van der Waals surface area contributed by atoms with Crippen molar-refractivity contribution in [3.8, 4) is 11.5 Å². The zero-order valence-electron chi connectivity index (χ0n) is 15.2. The fourth-order valence-corrected chi connectivity index (χ4v) is 3.30. The Labute approximate surface area is 158 Å². The van der Waals surface area contributed by atoms with E-state index >= 15 is 0 Å². The van der Waals surface area contributed by atoms with Crippen LogP contribution >= 0.6 is 0 Å². The fourth-order valence-electron chi connectivity index (χ4n) is 3.30. The minimum absolute atomic E-state index is 0.208. The van der Waals surface area contributed by atoms with Gasteiger partial charge < -0.3 is 20.1 Å². The lowest BCUT2D eigenvalue weighted by molar-refractivity contribution is 0.102. The Balaban J connectivity index is 1.30. The van der Waals surface area contributed by atoms with Crippen LogP contribution in [0.1, 0.15) is 42.6 Å². The van der Waals surface area contributed by atoms with Crippen LogP contribution in [0.25, 0.3) is 0 Å². The molecule has 0 spiro atoms. The summed E-state index contributed by atoms with van der Waals surface area (Å²) in [5, 5.41) is 6.20. The second kappa shape index (κ2) is 8.12. The Bertz CT molecular complexity index is 846. The molecule has 1 amide bonds. The molecule has 140 valence electrons. The Morgan fingerprint density at radius 1 is 1.07 bits per heavy atom. The lowest BCUT2D eigenvalue weighted by atomic mass is 9.97. The van der Waals surface area contributed by atoms with Gasteiger partial charge in [0.15, 0.2) is 11.5 Å². The quantitative estimate of drug-likeness (QED) is 0.744. The predicted octanol–water partition coefficient (Wildman–Crippen LogP) is 4.37. The largest absolute Gasteiger partial charge is 0.454 e. The van der Waals surface area contributed by atoms with E-state index in [1.54, 1.807) is 36.0 Å². The van der Waals surface area contributed by atoms with E-state index in [4.69, 9.17) is 9.47 Å². The van der Waals surface area contributed by atoms with Gasteiger partial charge in [-0.05, 0) is 56.4 Å². The zero-order valence-corrected chi connectivity index (χ0v) is 15.2. The monoisotopic (exact) mass is 365 g/mol. The van der Waals surface area contributed by atoms with Crippen LogP contribution in [0.3, 0.4) is 0 Å². The second-order valence-electron chi connectivity index (χ2n) is 6.74. The Morgan fingerprint density at radius 2 is 1.96 bits per heavy atom. The number of benzene rings is 1. The maximum atomic E-state index is 12.4. The molecule has 1 aromatic heterocycles. The molecule has 0 fully saturated rings. The summed E-state index contributed by atoms with van der Waals surface area (Å²) >= 11 is 0. The highest BCUT2D eigenvalue weighted by molar-refractivity contribution is 6.03. The Kier molecular flexibility index (Phi) is 5.23. The highest BCUT2D eigenvalue weighted by Gasteiger charge is 2.15. The predicted molar refractivity (Wildman–Crippen MR) is 104 cm³/mol. The maximum absolute atomic E-state index is 12.4. The van der Waals surface area contributed by atoms with Crippen LogP contribution in [0.5, 0.6) is 11.5 Å².